The molecule has 84 valence electrons. The van der Waals surface area contributed by atoms with Gasteiger partial charge in [0.25, 0.3) is 0 Å². The van der Waals surface area contributed by atoms with E-state index < -0.39 is 30.1 Å². The van der Waals surface area contributed by atoms with E-state index >= 15 is 0 Å². The highest BCUT2D eigenvalue weighted by Crippen LogP contribution is 2.06. The van der Waals surface area contributed by atoms with Crippen molar-refractivity contribution in [2.24, 2.45) is 0 Å². The molecule has 0 spiro atoms. The van der Waals surface area contributed by atoms with Crippen molar-refractivity contribution in [3.8, 4) is 6.07 Å². The normalized spacial score (nSPS) is 12.4. The summed E-state index contributed by atoms with van der Waals surface area (Å²) >= 11 is 0. The summed E-state index contributed by atoms with van der Waals surface area (Å²) in [7, 11) is 0. The van der Waals surface area contributed by atoms with E-state index in [1.54, 1.807) is 26.8 Å². The van der Waals surface area contributed by atoms with E-state index in [0.29, 0.717) is 0 Å². The Balaban J connectivity index is 4.15. The lowest BCUT2D eigenvalue weighted by Crippen LogP contribution is -2.39. The Morgan fingerprint density at radius 3 is 2.40 bits per heavy atom. The molecule has 6 nitrogen and oxygen atoms in total. The van der Waals surface area contributed by atoms with Crippen LogP contribution < -0.4 is 5.32 Å². The summed E-state index contributed by atoms with van der Waals surface area (Å²) in [6.07, 6.45) is -1.24. The van der Waals surface area contributed by atoms with Gasteiger partial charge in [-0.05, 0) is 20.8 Å². The molecule has 0 radical (unpaired) electrons. The van der Waals surface area contributed by atoms with Gasteiger partial charge in [-0.2, -0.15) is 5.26 Å². The van der Waals surface area contributed by atoms with Crippen LogP contribution in [0.5, 0.6) is 0 Å². The Kier molecular flexibility index (Phi) is 4.58. The number of hydrogen-bond donors (Lipinski definition) is 2. The fourth-order valence-electron chi connectivity index (χ4n) is 0.753. The van der Waals surface area contributed by atoms with Crippen molar-refractivity contribution in [1.29, 1.82) is 5.26 Å². The standard InChI is InChI=1S/C9H14N2O4/c1-9(2,3)15-8(14)11-6(5-10)4-7(12)13/h6H,4H2,1-3H3,(H,11,14)(H,12,13)/t6-/m1/s1. The van der Waals surface area contributed by atoms with Crippen LogP contribution in [-0.4, -0.2) is 28.8 Å². The first kappa shape index (κ1) is 13.2. The largest absolute Gasteiger partial charge is 0.481 e. The van der Waals surface area contributed by atoms with Crippen LogP contribution in [0.1, 0.15) is 27.2 Å². The zero-order valence-electron chi connectivity index (χ0n) is 8.90. The van der Waals surface area contributed by atoms with Gasteiger partial charge in [0.1, 0.15) is 11.6 Å². The van der Waals surface area contributed by atoms with E-state index in [1.165, 1.54) is 0 Å². The SMILES string of the molecule is CC(C)(C)OC(=O)N[C@@H](C#N)CC(=O)O. The van der Waals surface area contributed by atoms with Gasteiger partial charge in [-0.3, -0.25) is 4.79 Å². The number of amides is 1. The van der Waals surface area contributed by atoms with Gasteiger partial charge in [-0.15, -0.1) is 0 Å². The van der Waals surface area contributed by atoms with Crippen molar-refractivity contribution >= 4 is 12.1 Å². The molecule has 0 aromatic rings. The summed E-state index contributed by atoms with van der Waals surface area (Å²) in [4.78, 5) is 21.4. The molecule has 0 aromatic carbocycles. The van der Waals surface area contributed by atoms with Crippen LogP contribution in [0.2, 0.25) is 0 Å². The summed E-state index contributed by atoms with van der Waals surface area (Å²) in [6, 6.07) is 0.585. The Morgan fingerprint density at radius 2 is 2.07 bits per heavy atom. The number of nitrogens with zero attached hydrogens (tertiary/aromatic N) is 1. The quantitative estimate of drug-likeness (QED) is 0.726. The monoisotopic (exact) mass is 214 g/mol. The molecule has 0 aliphatic carbocycles. The molecule has 1 atom stereocenters. The molecule has 0 saturated heterocycles. The fourth-order valence-corrected chi connectivity index (χ4v) is 0.753. The molecule has 0 unspecified atom stereocenters. The van der Waals surface area contributed by atoms with Gasteiger partial charge in [-0.25, -0.2) is 4.79 Å². The average Bonchev–Trinajstić information content (AvgIpc) is 1.98. The number of hydrogen-bond acceptors (Lipinski definition) is 4. The van der Waals surface area contributed by atoms with Gasteiger partial charge in [0.2, 0.25) is 0 Å². The molecule has 0 fully saturated rings. The zero-order valence-corrected chi connectivity index (χ0v) is 8.90. The minimum atomic E-state index is -1.15. The van der Waals surface area contributed by atoms with Crippen molar-refractivity contribution in [3.63, 3.8) is 0 Å². The van der Waals surface area contributed by atoms with Gasteiger partial charge >= 0.3 is 12.1 Å². The number of rotatable bonds is 3. The van der Waals surface area contributed by atoms with Crippen molar-refractivity contribution in [2.45, 2.75) is 38.8 Å². The molecule has 0 aliphatic heterocycles. The summed E-state index contributed by atoms with van der Waals surface area (Å²) < 4.78 is 4.86. The molecular formula is C9H14N2O4. The van der Waals surface area contributed by atoms with Crippen molar-refractivity contribution in [3.05, 3.63) is 0 Å². The maximum Gasteiger partial charge on any atom is 0.408 e. The maximum absolute atomic E-state index is 11.1. The molecule has 0 heterocycles. The molecule has 0 bridgehead atoms. The highest BCUT2D eigenvalue weighted by atomic mass is 16.6. The third-order valence-corrected chi connectivity index (χ3v) is 1.23. The van der Waals surface area contributed by atoms with Crippen molar-refractivity contribution < 1.29 is 19.4 Å². The maximum atomic E-state index is 11.1. The van der Waals surface area contributed by atoms with Crippen LogP contribution in [0.4, 0.5) is 4.79 Å². The molecule has 15 heavy (non-hydrogen) atoms. The molecule has 0 rings (SSSR count). The Hall–Kier alpha value is -1.77. The first-order valence-electron chi connectivity index (χ1n) is 4.35. The van der Waals surface area contributed by atoms with Gasteiger partial charge < -0.3 is 15.2 Å². The highest BCUT2D eigenvalue weighted by molar-refractivity contribution is 5.72. The molecule has 0 aromatic heterocycles. The molecule has 0 saturated carbocycles. The number of nitrogens with one attached hydrogen (secondary N) is 1. The minimum absolute atomic E-state index is 0.449. The van der Waals surface area contributed by atoms with E-state index in [4.69, 9.17) is 15.1 Å². The summed E-state index contributed by atoms with van der Waals surface area (Å²) in [5.41, 5.74) is -0.673. The Morgan fingerprint density at radius 1 is 1.53 bits per heavy atom. The van der Waals surface area contributed by atoms with E-state index in [1.807, 2.05) is 0 Å². The predicted octanol–water partition coefficient (Wildman–Crippen LogP) is 0.878. The summed E-state index contributed by atoms with van der Waals surface area (Å²) in [6.45, 7) is 5.02. The number of carbonyl (C=O) groups excluding carboxylic acids is 1. The Bertz CT molecular complexity index is 287. The van der Waals surface area contributed by atoms with E-state index in [9.17, 15) is 9.59 Å². The number of carboxylic acids is 1. The van der Waals surface area contributed by atoms with Crippen molar-refractivity contribution in [2.75, 3.05) is 0 Å². The number of aliphatic carboxylic acids is 1. The second-order valence-electron chi connectivity index (χ2n) is 3.93. The highest BCUT2D eigenvalue weighted by Gasteiger charge is 2.20. The summed E-state index contributed by atoms with van der Waals surface area (Å²) in [5.74, 6) is -1.15. The summed E-state index contributed by atoms with van der Waals surface area (Å²) in [5, 5.41) is 19.1. The number of carboxylic acid groups (broad SMARTS) is 1. The van der Waals surface area contributed by atoms with Crippen LogP contribution in [0.15, 0.2) is 0 Å². The van der Waals surface area contributed by atoms with E-state index in [0.717, 1.165) is 0 Å². The van der Waals surface area contributed by atoms with Crippen LogP contribution in [-0.2, 0) is 9.53 Å². The van der Waals surface area contributed by atoms with Gasteiger partial charge in [0.15, 0.2) is 0 Å². The second kappa shape index (κ2) is 5.20. The first-order valence-corrected chi connectivity index (χ1v) is 4.35. The smallest absolute Gasteiger partial charge is 0.408 e. The zero-order chi connectivity index (χ0) is 12.1. The van der Waals surface area contributed by atoms with Crippen LogP contribution in [0, 0.1) is 11.3 Å². The number of ether oxygens (including phenoxy) is 1. The van der Waals surface area contributed by atoms with Crippen LogP contribution in [0.25, 0.3) is 0 Å². The molecule has 2 N–H and O–H groups in total. The van der Waals surface area contributed by atoms with Gasteiger partial charge in [-0.1, -0.05) is 0 Å². The molecule has 6 heteroatoms. The van der Waals surface area contributed by atoms with Crippen molar-refractivity contribution in [1.82, 2.24) is 5.32 Å². The third kappa shape index (κ3) is 7.31. The van der Waals surface area contributed by atoms with Crippen LogP contribution >= 0.6 is 0 Å². The number of alkyl carbamates (subject to hydrolysis) is 1. The predicted molar refractivity (Wildman–Crippen MR) is 51.0 cm³/mol. The lowest BCUT2D eigenvalue weighted by molar-refractivity contribution is -0.137. The third-order valence-electron chi connectivity index (χ3n) is 1.23. The minimum Gasteiger partial charge on any atom is -0.481 e. The molecule has 0 aliphatic rings. The average molecular weight is 214 g/mol. The lowest BCUT2D eigenvalue weighted by atomic mass is 10.2. The lowest BCUT2D eigenvalue weighted by Gasteiger charge is -2.20. The Labute approximate surface area is 87.8 Å². The van der Waals surface area contributed by atoms with Gasteiger partial charge in [0, 0.05) is 0 Å². The van der Waals surface area contributed by atoms with Gasteiger partial charge in [0.05, 0.1) is 12.5 Å². The second-order valence-corrected chi connectivity index (χ2v) is 3.93. The van der Waals surface area contributed by atoms with E-state index in [2.05, 4.69) is 5.32 Å². The topological polar surface area (TPSA) is 99.4 Å². The first-order chi connectivity index (χ1) is 6.74. The molecular weight excluding hydrogens is 200 g/mol. The molecule has 1 amide bonds. The van der Waals surface area contributed by atoms with E-state index in [-0.39, 0.29) is 0 Å². The fraction of sp³-hybridized carbons (Fsp3) is 0.667. The van der Waals surface area contributed by atoms with Crippen LogP contribution in [0.3, 0.4) is 0 Å². The number of nitriles is 1. The number of carbonyl (C=O) groups is 2.